The lowest BCUT2D eigenvalue weighted by molar-refractivity contribution is -0.134. The summed E-state index contributed by atoms with van der Waals surface area (Å²) in [4.78, 5) is 32.8. The number of nitrogens with zero attached hydrogens (tertiary/aromatic N) is 3. The van der Waals surface area contributed by atoms with Gasteiger partial charge in [0, 0.05) is 19.6 Å². The van der Waals surface area contributed by atoms with Crippen LogP contribution in [-0.2, 0) is 11.8 Å². The molecule has 0 radical (unpaired) electrons. The van der Waals surface area contributed by atoms with Crippen molar-refractivity contribution in [2.24, 2.45) is 13.0 Å². The standard InChI is InChI=1S/C21H29N3O2S/c1-13(2)18(20(26)24-11-7-6-8-15(24)4)27-21-22-17-10-9-14(3)12-16(17)19(25)23(21)5/h9-10,12-13,15,18H,6-8,11H2,1-5H3. The SMILES string of the molecule is Cc1ccc2nc(SC(C(=O)N3CCCCC3C)C(C)C)n(C)c(=O)c2c1. The van der Waals surface area contributed by atoms with E-state index in [1.807, 2.05) is 30.0 Å². The molecule has 5 nitrogen and oxygen atoms in total. The second-order valence-electron chi connectivity index (χ2n) is 7.94. The monoisotopic (exact) mass is 387 g/mol. The Morgan fingerprint density at radius 3 is 2.70 bits per heavy atom. The summed E-state index contributed by atoms with van der Waals surface area (Å²) in [6.45, 7) is 9.05. The maximum absolute atomic E-state index is 13.2. The van der Waals surface area contributed by atoms with Crippen LogP contribution in [0, 0.1) is 12.8 Å². The fraction of sp³-hybridized carbons (Fsp3) is 0.571. The Morgan fingerprint density at radius 2 is 2.04 bits per heavy atom. The number of aromatic nitrogens is 2. The first kappa shape index (κ1) is 19.9. The molecule has 146 valence electrons. The minimum atomic E-state index is -0.244. The fourth-order valence-electron chi connectivity index (χ4n) is 3.64. The van der Waals surface area contributed by atoms with E-state index in [9.17, 15) is 9.59 Å². The summed E-state index contributed by atoms with van der Waals surface area (Å²) in [5, 5.41) is 0.985. The van der Waals surface area contributed by atoms with Gasteiger partial charge in [0.15, 0.2) is 5.16 Å². The predicted molar refractivity (Wildman–Crippen MR) is 111 cm³/mol. The van der Waals surface area contributed by atoms with E-state index in [0.717, 1.165) is 24.9 Å². The summed E-state index contributed by atoms with van der Waals surface area (Å²) in [7, 11) is 1.74. The van der Waals surface area contributed by atoms with E-state index in [1.54, 1.807) is 11.6 Å². The maximum atomic E-state index is 13.2. The number of amides is 1. The number of fused-ring (bicyclic) bond motifs is 1. The fourth-order valence-corrected chi connectivity index (χ4v) is 4.77. The van der Waals surface area contributed by atoms with Gasteiger partial charge in [0.25, 0.3) is 5.56 Å². The molecule has 2 atom stereocenters. The van der Waals surface area contributed by atoms with Gasteiger partial charge in [-0.25, -0.2) is 4.98 Å². The Bertz CT molecular complexity index is 906. The highest BCUT2D eigenvalue weighted by molar-refractivity contribution is 8.00. The molecule has 2 aromatic rings. The molecule has 0 N–H and O–H groups in total. The minimum Gasteiger partial charge on any atom is -0.339 e. The molecule has 1 aliphatic rings. The smallest absolute Gasteiger partial charge is 0.261 e. The number of piperidine rings is 1. The van der Waals surface area contributed by atoms with Crippen LogP contribution in [0.2, 0.25) is 0 Å². The lowest BCUT2D eigenvalue weighted by atomic mass is 10.0. The minimum absolute atomic E-state index is 0.0625. The topological polar surface area (TPSA) is 55.2 Å². The first-order valence-corrected chi connectivity index (χ1v) is 10.6. The van der Waals surface area contributed by atoms with Gasteiger partial charge in [-0.2, -0.15) is 0 Å². The molecule has 1 aliphatic heterocycles. The van der Waals surface area contributed by atoms with E-state index >= 15 is 0 Å². The van der Waals surface area contributed by atoms with Crippen LogP contribution in [0.15, 0.2) is 28.2 Å². The van der Waals surface area contributed by atoms with Crippen molar-refractivity contribution in [2.75, 3.05) is 6.54 Å². The summed E-state index contributed by atoms with van der Waals surface area (Å²) in [6, 6.07) is 6.00. The molecule has 1 saturated heterocycles. The van der Waals surface area contributed by atoms with Crippen molar-refractivity contribution >= 4 is 28.6 Å². The van der Waals surface area contributed by atoms with Gasteiger partial charge in [0.1, 0.15) is 0 Å². The van der Waals surface area contributed by atoms with Crippen LogP contribution in [0.4, 0.5) is 0 Å². The number of thioether (sulfide) groups is 1. The normalized spacial score (nSPS) is 18.9. The molecule has 6 heteroatoms. The zero-order chi connectivity index (χ0) is 19.7. The average Bonchev–Trinajstić information content (AvgIpc) is 2.63. The average molecular weight is 388 g/mol. The first-order chi connectivity index (χ1) is 12.8. The quantitative estimate of drug-likeness (QED) is 0.592. The van der Waals surface area contributed by atoms with Crippen LogP contribution >= 0.6 is 11.8 Å². The number of rotatable bonds is 4. The van der Waals surface area contributed by atoms with Crippen molar-refractivity contribution in [3.63, 3.8) is 0 Å². The molecular formula is C21H29N3O2S. The second-order valence-corrected chi connectivity index (χ2v) is 9.05. The van der Waals surface area contributed by atoms with Crippen LogP contribution in [0.1, 0.15) is 45.6 Å². The Hall–Kier alpha value is -1.82. The van der Waals surface area contributed by atoms with Crippen molar-refractivity contribution in [3.8, 4) is 0 Å². The van der Waals surface area contributed by atoms with Gasteiger partial charge >= 0.3 is 0 Å². The molecule has 0 spiro atoms. The number of hydrogen-bond acceptors (Lipinski definition) is 4. The molecule has 0 bridgehead atoms. The van der Waals surface area contributed by atoms with Crippen LogP contribution in [0.3, 0.4) is 0 Å². The van der Waals surface area contributed by atoms with Crippen molar-refractivity contribution in [1.29, 1.82) is 0 Å². The zero-order valence-corrected chi connectivity index (χ0v) is 17.7. The van der Waals surface area contributed by atoms with E-state index in [1.165, 1.54) is 18.2 Å². The summed E-state index contributed by atoms with van der Waals surface area (Å²) in [5.41, 5.74) is 1.66. The van der Waals surface area contributed by atoms with E-state index in [0.29, 0.717) is 16.1 Å². The molecule has 1 amide bonds. The van der Waals surface area contributed by atoms with Crippen molar-refractivity contribution in [3.05, 3.63) is 34.1 Å². The summed E-state index contributed by atoms with van der Waals surface area (Å²) in [5.74, 6) is 0.322. The highest BCUT2D eigenvalue weighted by Gasteiger charge is 2.33. The van der Waals surface area contributed by atoms with Crippen LogP contribution in [-0.4, -0.2) is 38.2 Å². The second kappa shape index (κ2) is 8.05. The molecular weight excluding hydrogens is 358 g/mol. The van der Waals surface area contributed by atoms with Gasteiger partial charge in [-0.15, -0.1) is 0 Å². The Labute approximate surface area is 165 Å². The molecule has 1 aromatic heterocycles. The number of carbonyl (C=O) groups is 1. The number of carbonyl (C=O) groups excluding carboxylic acids is 1. The van der Waals surface area contributed by atoms with Crippen molar-refractivity contribution in [1.82, 2.24) is 14.5 Å². The maximum Gasteiger partial charge on any atom is 0.261 e. The van der Waals surface area contributed by atoms with E-state index in [-0.39, 0.29) is 28.7 Å². The highest BCUT2D eigenvalue weighted by Crippen LogP contribution is 2.30. The predicted octanol–water partition coefficient (Wildman–Crippen LogP) is 3.76. The Kier molecular flexibility index (Phi) is 5.94. The molecule has 27 heavy (non-hydrogen) atoms. The van der Waals surface area contributed by atoms with Gasteiger partial charge in [0.05, 0.1) is 16.2 Å². The molecule has 2 heterocycles. The molecule has 1 aromatic carbocycles. The van der Waals surface area contributed by atoms with Gasteiger partial charge in [-0.3, -0.25) is 14.2 Å². The van der Waals surface area contributed by atoms with Gasteiger partial charge in [-0.05, 0) is 51.2 Å². The van der Waals surface area contributed by atoms with Crippen molar-refractivity contribution in [2.45, 2.75) is 63.4 Å². The molecule has 0 saturated carbocycles. The summed E-state index contributed by atoms with van der Waals surface area (Å²) >= 11 is 1.42. The van der Waals surface area contributed by atoms with Crippen LogP contribution < -0.4 is 5.56 Å². The molecule has 0 aliphatic carbocycles. The Morgan fingerprint density at radius 1 is 1.30 bits per heavy atom. The highest BCUT2D eigenvalue weighted by atomic mass is 32.2. The third kappa shape index (κ3) is 4.05. The molecule has 3 rings (SSSR count). The van der Waals surface area contributed by atoms with Crippen molar-refractivity contribution < 1.29 is 4.79 Å². The number of likely N-dealkylation sites (tertiary alicyclic amines) is 1. The summed E-state index contributed by atoms with van der Waals surface area (Å²) in [6.07, 6.45) is 3.31. The number of aryl methyl sites for hydroxylation is 1. The third-order valence-electron chi connectivity index (χ3n) is 5.36. The number of hydrogen-bond donors (Lipinski definition) is 0. The van der Waals surface area contributed by atoms with Gasteiger partial charge in [-0.1, -0.05) is 37.2 Å². The third-order valence-corrected chi connectivity index (χ3v) is 6.93. The van der Waals surface area contributed by atoms with E-state index in [4.69, 9.17) is 4.98 Å². The van der Waals surface area contributed by atoms with Gasteiger partial charge < -0.3 is 4.90 Å². The number of benzene rings is 1. The lowest BCUT2D eigenvalue weighted by Crippen LogP contribution is -2.47. The summed E-state index contributed by atoms with van der Waals surface area (Å²) < 4.78 is 1.58. The molecule has 1 fully saturated rings. The van der Waals surface area contributed by atoms with Crippen LogP contribution in [0.5, 0.6) is 0 Å². The molecule has 2 unspecified atom stereocenters. The lowest BCUT2D eigenvalue weighted by Gasteiger charge is -2.36. The van der Waals surface area contributed by atoms with Gasteiger partial charge in [0.2, 0.25) is 5.91 Å². The van der Waals surface area contributed by atoms with E-state index in [2.05, 4.69) is 20.8 Å². The van der Waals surface area contributed by atoms with E-state index < -0.39 is 0 Å². The zero-order valence-electron chi connectivity index (χ0n) is 16.9. The van der Waals surface area contributed by atoms with Crippen LogP contribution in [0.25, 0.3) is 10.9 Å². The first-order valence-electron chi connectivity index (χ1n) is 9.74. The largest absolute Gasteiger partial charge is 0.339 e. The Balaban J connectivity index is 1.95.